The summed E-state index contributed by atoms with van der Waals surface area (Å²) >= 11 is 0. The summed E-state index contributed by atoms with van der Waals surface area (Å²) in [5.41, 5.74) is 2.46. The topological polar surface area (TPSA) is 142 Å². The van der Waals surface area contributed by atoms with Gasteiger partial charge in [-0.15, -0.1) is 0 Å². The van der Waals surface area contributed by atoms with E-state index in [1.807, 2.05) is 31.2 Å². The van der Waals surface area contributed by atoms with E-state index in [9.17, 15) is 14.7 Å². The molecule has 0 unspecified atom stereocenters. The first-order chi connectivity index (χ1) is 13.5. The van der Waals surface area contributed by atoms with Crippen LogP contribution in [0.2, 0.25) is 0 Å². The fraction of sp³-hybridized carbons (Fsp3) is 0.105. The lowest BCUT2D eigenvalue weighted by Crippen LogP contribution is -2.00. The Morgan fingerprint density at radius 2 is 1.86 bits per heavy atom. The molecule has 0 radical (unpaired) electrons. The van der Waals surface area contributed by atoms with Crippen molar-refractivity contribution in [3.05, 3.63) is 53.2 Å². The first-order valence-corrected chi connectivity index (χ1v) is 8.40. The van der Waals surface area contributed by atoms with Gasteiger partial charge in [0.1, 0.15) is 5.69 Å². The van der Waals surface area contributed by atoms with E-state index in [0.717, 1.165) is 17.5 Å². The van der Waals surface area contributed by atoms with Crippen molar-refractivity contribution in [2.45, 2.75) is 13.3 Å². The Morgan fingerprint density at radius 3 is 2.46 bits per heavy atom. The Bertz CT molecular complexity index is 1210. The molecule has 1 aromatic carbocycles. The molecule has 0 aliphatic rings. The maximum Gasteiger partial charge on any atom is 0.358 e. The number of benzene rings is 1. The highest BCUT2D eigenvalue weighted by Gasteiger charge is 2.22. The average molecular weight is 378 g/mol. The van der Waals surface area contributed by atoms with Crippen LogP contribution in [0.3, 0.4) is 0 Å². The summed E-state index contributed by atoms with van der Waals surface area (Å²) in [4.78, 5) is 27.2. The number of rotatable bonds is 5. The third kappa shape index (κ3) is 2.88. The highest BCUT2D eigenvalue weighted by atomic mass is 16.5. The summed E-state index contributed by atoms with van der Waals surface area (Å²) in [5.74, 6) is -2.38. The molecule has 4 rings (SSSR count). The SMILES string of the molecule is CCc1ccc(-c2[nH]nc3nc(-c4cc(C(=O)O)no4)cc(C(=O)O)c23)cc1. The monoisotopic (exact) mass is 378 g/mol. The average Bonchev–Trinajstić information content (AvgIpc) is 3.34. The molecule has 0 fully saturated rings. The van der Waals surface area contributed by atoms with Crippen LogP contribution in [0.15, 0.2) is 40.9 Å². The molecule has 0 aliphatic carbocycles. The van der Waals surface area contributed by atoms with Crippen LogP contribution in [0, 0.1) is 0 Å². The Labute approximate surface area is 157 Å². The van der Waals surface area contributed by atoms with Gasteiger partial charge in [0.05, 0.1) is 16.6 Å². The van der Waals surface area contributed by atoms with Crippen LogP contribution >= 0.6 is 0 Å². The molecule has 3 N–H and O–H groups in total. The fourth-order valence-corrected chi connectivity index (χ4v) is 2.93. The second-order valence-electron chi connectivity index (χ2n) is 6.09. The van der Waals surface area contributed by atoms with Crippen LogP contribution in [0.4, 0.5) is 0 Å². The van der Waals surface area contributed by atoms with Crippen LogP contribution in [0.5, 0.6) is 0 Å². The normalized spacial score (nSPS) is 11.0. The van der Waals surface area contributed by atoms with Gasteiger partial charge in [0.15, 0.2) is 17.1 Å². The maximum absolute atomic E-state index is 11.9. The van der Waals surface area contributed by atoms with E-state index in [2.05, 4.69) is 20.3 Å². The molecule has 0 saturated heterocycles. The molecule has 9 nitrogen and oxygen atoms in total. The number of fused-ring (bicyclic) bond motifs is 1. The van der Waals surface area contributed by atoms with Crippen LogP contribution in [0.25, 0.3) is 33.7 Å². The van der Waals surface area contributed by atoms with Gasteiger partial charge in [0.2, 0.25) is 0 Å². The van der Waals surface area contributed by atoms with Gasteiger partial charge in [-0.05, 0) is 18.1 Å². The van der Waals surface area contributed by atoms with Gasteiger partial charge in [0, 0.05) is 11.6 Å². The summed E-state index contributed by atoms with van der Waals surface area (Å²) in [6.45, 7) is 2.05. The number of nitrogens with one attached hydrogen (secondary N) is 1. The summed E-state index contributed by atoms with van der Waals surface area (Å²) in [6.07, 6.45) is 0.894. The third-order valence-corrected chi connectivity index (χ3v) is 4.39. The minimum Gasteiger partial charge on any atom is -0.478 e. The van der Waals surface area contributed by atoms with Gasteiger partial charge in [-0.25, -0.2) is 14.6 Å². The minimum absolute atomic E-state index is 0.0309. The zero-order valence-corrected chi connectivity index (χ0v) is 14.6. The summed E-state index contributed by atoms with van der Waals surface area (Å²) in [7, 11) is 0. The van der Waals surface area contributed by atoms with Gasteiger partial charge in [-0.1, -0.05) is 36.3 Å². The first kappa shape index (κ1) is 17.4. The van der Waals surface area contributed by atoms with E-state index < -0.39 is 11.9 Å². The number of carbonyl (C=O) groups is 2. The van der Waals surface area contributed by atoms with Crippen molar-refractivity contribution in [2.75, 3.05) is 0 Å². The smallest absolute Gasteiger partial charge is 0.358 e. The number of carboxylic acid groups (broad SMARTS) is 2. The van der Waals surface area contributed by atoms with Crippen molar-refractivity contribution >= 4 is 23.0 Å². The zero-order chi connectivity index (χ0) is 19.8. The van der Waals surface area contributed by atoms with Gasteiger partial charge in [-0.3, -0.25) is 5.10 Å². The predicted molar refractivity (Wildman–Crippen MR) is 98.1 cm³/mol. The Balaban J connectivity index is 1.89. The summed E-state index contributed by atoms with van der Waals surface area (Å²) in [5, 5.41) is 29.4. The largest absolute Gasteiger partial charge is 0.478 e. The molecule has 0 saturated carbocycles. The highest BCUT2D eigenvalue weighted by Crippen LogP contribution is 2.31. The number of carboxylic acids is 2. The molecule has 0 spiro atoms. The van der Waals surface area contributed by atoms with Gasteiger partial charge < -0.3 is 14.7 Å². The standard InChI is InChI=1S/C19H14N4O5/c1-2-9-3-5-10(6-4-9)16-15-11(18(24)25)7-12(20-17(15)22-21-16)14-8-13(19(26)27)23-28-14/h3-8H,2H2,1H3,(H,24,25)(H,26,27)(H,20,21,22). The third-order valence-electron chi connectivity index (χ3n) is 4.39. The van der Waals surface area contributed by atoms with Crippen LogP contribution in [-0.4, -0.2) is 42.5 Å². The highest BCUT2D eigenvalue weighted by molar-refractivity contribution is 6.08. The Kier molecular flexibility index (Phi) is 4.11. The number of aromatic nitrogens is 4. The van der Waals surface area contributed by atoms with Crippen molar-refractivity contribution < 1.29 is 24.3 Å². The second-order valence-corrected chi connectivity index (χ2v) is 6.09. The number of nitrogens with zero attached hydrogens (tertiary/aromatic N) is 3. The van der Waals surface area contributed by atoms with Gasteiger partial charge >= 0.3 is 11.9 Å². The second kappa shape index (κ2) is 6.62. The predicted octanol–water partition coefficient (Wildman–Crippen LogP) is 3.24. The van der Waals surface area contributed by atoms with Crippen LogP contribution < -0.4 is 0 Å². The van der Waals surface area contributed by atoms with Crippen molar-refractivity contribution in [1.29, 1.82) is 0 Å². The van der Waals surface area contributed by atoms with Crippen LogP contribution in [0.1, 0.15) is 33.3 Å². The fourth-order valence-electron chi connectivity index (χ4n) is 2.93. The number of aryl methyl sites for hydroxylation is 1. The summed E-state index contributed by atoms with van der Waals surface area (Å²) < 4.78 is 4.99. The van der Waals surface area contributed by atoms with Gasteiger partial charge in [0.25, 0.3) is 0 Å². The van der Waals surface area contributed by atoms with E-state index >= 15 is 0 Å². The Morgan fingerprint density at radius 1 is 1.11 bits per heavy atom. The lowest BCUT2D eigenvalue weighted by molar-refractivity contribution is 0.0680. The van der Waals surface area contributed by atoms with Crippen molar-refractivity contribution in [3.8, 4) is 22.7 Å². The summed E-state index contributed by atoms with van der Waals surface area (Å²) in [6, 6.07) is 10.2. The number of pyridine rings is 1. The lowest BCUT2D eigenvalue weighted by atomic mass is 10.0. The molecule has 0 amide bonds. The number of H-pyrrole nitrogens is 1. The molecule has 0 aliphatic heterocycles. The zero-order valence-electron chi connectivity index (χ0n) is 14.6. The quantitative estimate of drug-likeness (QED) is 0.480. The van der Waals surface area contributed by atoms with Crippen molar-refractivity contribution in [3.63, 3.8) is 0 Å². The first-order valence-electron chi connectivity index (χ1n) is 8.40. The Hall–Kier alpha value is -4.01. The van der Waals surface area contributed by atoms with Crippen molar-refractivity contribution in [1.82, 2.24) is 20.3 Å². The molecule has 0 bridgehead atoms. The maximum atomic E-state index is 11.9. The lowest BCUT2D eigenvalue weighted by Gasteiger charge is -2.04. The number of hydrogen-bond acceptors (Lipinski definition) is 6. The molecule has 4 aromatic rings. The molecular weight excluding hydrogens is 364 g/mol. The number of aromatic amines is 1. The van der Waals surface area contributed by atoms with E-state index in [0.29, 0.717) is 11.1 Å². The van der Waals surface area contributed by atoms with E-state index in [-0.39, 0.29) is 28.4 Å². The molecule has 28 heavy (non-hydrogen) atoms. The van der Waals surface area contributed by atoms with E-state index in [4.69, 9.17) is 9.63 Å². The van der Waals surface area contributed by atoms with Gasteiger partial charge in [-0.2, -0.15) is 5.10 Å². The molecule has 140 valence electrons. The molecule has 3 heterocycles. The van der Waals surface area contributed by atoms with Crippen molar-refractivity contribution in [2.24, 2.45) is 0 Å². The van der Waals surface area contributed by atoms with E-state index in [1.54, 1.807) is 0 Å². The molecule has 9 heteroatoms. The van der Waals surface area contributed by atoms with Crippen LogP contribution in [-0.2, 0) is 6.42 Å². The molecule has 0 atom stereocenters. The number of hydrogen-bond donors (Lipinski definition) is 3. The van der Waals surface area contributed by atoms with E-state index in [1.165, 1.54) is 12.1 Å². The number of aromatic carboxylic acids is 2. The molecule has 3 aromatic heterocycles. The molecular formula is C19H14N4O5. The minimum atomic E-state index is -1.26.